The van der Waals surface area contributed by atoms with Crippen LogP contribution < -0.4 is 10.1 Å². The minimum Gasteiger partial charge on any atom is -0.489 e. The zero-order chi connectivity index (χ0) is 24.4. The molecule has 4 aromatic rings. The summed E-state index contributed by atoms with van der Waals surface area (Å²) in [5.41, 5.74) is 4.99. The molecule has 0 saturated carbocycles. The number of aromatic nitrogens is 3. The van der Waals surface area contributed by atoms with Gasteiger partial charge in [-0.2, -0.15) is 5.10 Å². The number of aryl methyl sites for hydroxylation is 3. The molecule has 0 aliphatic carbocycles. The van der Waals surface area contributed by atoms with Gasteiger partial charge < -0.3 is 14.6 Å². The van der Waals surface area contributed by atoms with Gasteiger partial charge in [-0.1, -0.05) is 22.8 Å². The fraction of sp³-hybridized carbons (Fsp3) is 0.240. The second-order valence-electron chi connectivity index (χ2n) is 8.01. The van der Waals surface area contributed by atoms with E-state index in [0.29, 0.717) is 40.9 Å². The topological polar surface area (TPSA) is 82.2 Å². The van der Waals surface area contributed by atoms with Gasteiger partial charge in [0.25, 0.3) is 5.91 Å². The van der Waals surface area contributed by atoms with E-state index in [1.807, 2.05) is 27.7 Å². The Bertz CT molecular complexity index is 1330. The molecule has 0 aliphatic heterocycles. The maximum Gasteiger partial charge on any atom is 0.255 e. The van der Waals surface area contributed by atoms with Gasteiger partial charge in [-0.05, 0) is 69.7 Å². The van der Waals surface area contributed by atoms with Crippen molar-refractivity contribution in [1.82, 2.24) is 14.9 Å². The largest absolute Gasteiger partial charge is 0.489 e. The first-order valence-corrected chi connectivity index (χ1v) is 11.0. The average molecular weight is 483 g/mol. The maximum atomic E-state index is 13.3. The van der Waals surface area contributed by atoms with Gasteiger partial charge in [-0.15, -0.1) is 0 Å². The van der Waals surface area contributed by atoms with E-state index >= 15 is 0 Å². The molecule has 9 heteroatoms. The number of anilines is 1. The Morgan fingerprint density at radius 1 is 1.12 bits per heavy atom. The van der Waals surface area contributed by atoms with E-state index in [9.17, 15) is 9.18 Å². The van der Waals surface area contributed by atoms with Crippen LogP contribution in [0.4, 0.5) is 10.1 Å². The Morgan fingerprint density at radius 3 is 2.50 bits per heavy atom. The molecule has 0 fully saturated rings. The van der Waals surface area contributed by atoms with Crippen LogP contribution in [-0.2, 0) is 13.2 Å². The van der Waals surface area contributed by atoms with Gasteiger partial charge in [-0.25, -0.2) is 4.39 Å². The van der Waals surface area contributed by atoms with Crippen molar-refractivity contribution in [1.29, 1.82) is 0 Å². The number of amides is 1. The molecule has 0 atom stereocenters. The molecule has 176 valence electrons. The van der Waals surface area contributed by atoms with Crippen molar-refractivity contribution in [2.75, 3.05) is 5.32 Å². The SMILES string of the molecule is Cc1noc(C)c1COc1ccc(C(=O)Nc2c(C)nn(Cc3ccc(F)cc3Cl)c2C)cc1. The number of benzene rings is 2. The summed E-state index contributed by atoms with van der Waals surface area (Å²) in [5, 5.41) is 11.7. The third kappa shape index (κ3) is 4.97. The summed E-state index contributed by atoms with van der Waals surface area (Å²) in [4.78, 5) is 12.9. The standard InChI is InChI=1S/C25H24ClFN4O3/c1-14-22(17(4)34-30-14)13-33-21-9-6-18(7-10-21)25(32)28-24-15(2)29-31(16(24)3)12-19-5-8-20(27)11-23(19)26/h5-11H,12-13H2,1-4H3,(H,28,32). The summed E-state index contributed by atoms with van der Waals surface area (Å²) in [5.74, 6) is 0.701. The van der Waals surface area contributed by atoms with Crippen LogP contribution in [0.15, 0.2) is 47.0 Å². The molecule has 0 saturated heterocycles. The van der Waals surface area contributed by atoms with Gasteiger partial charge >= 0.3 is 0 Å². The molecule has 0 unspecified atom stereocenters. The lowest BCUT2D eigenvalue weighted by Gasteiger charge is -2.09. The molecule has 0 aliphatic rings. The number of nitrogens with zero attached hydrogens (tertiary/aromatic N) is 3. The Morgan fingerprint density at radius 2 is 1.85 bits per heavy atom. The maximum absolute atomic E-state index is 13.3. The third-order valence-corrected chi connectivity index (χ3v) is 5.99. The van der Waals surface area contributed by atoms with Crippen LogP contribution in [-0.4, -0.2) is 20.8 Å². The second-order valence-corrected chi connectivity index (χ2v) is 8.42. The molecule has 2 heterocycles. The van der Waals surface area contributed by atoms with Gasteiger partial charge in [0.05, 0.1) is 34.9 Å². The highest BCUT2D eigenvalue weighted by Crippen LogP contribution is 2.24. The van der Waals surface area contributed by atoms with E-state index in [-0.39, 0.29) is 5.91 Å². The molecule has 1 amide bonds. The number of hydrogen-bond acceptors (Lipinski definition) is 5. The first kappa shape index (κ1) is 23.5. The van der Waals surface area contributed by atoms with Gasteiger partial charge in [0.15, 0.2) is 0 Å². The zero-order valence-electron chi connectivity index (χ0n) is 19.3. The Labute approximate surface area is 201 Å². The van der Waals surface area contributed by atoms with E-state index in [2.05, 4.69) is 15.6 Å². The van der Waals surface area contributed by atoms with Gasteiger partial charge in [0.1, 0.15) is 23.9 Å². The first-order chi connectivity index (χ1) is 16.2. The van der Waals surface area contributed by atoms with Gasteiger partial charge in [0, 0.05) is 10.6 Å². The van der Waals surface area contributed by atoms with E-state index in [1.54, 1.807) is 35.0 Å². The van der Waals surface area contributed by atoms with Crippen molar-refractivity contribution < 1.29 is 18.4 Å². The average Bonchev–Trinajstić information content (AvgIpc) is 3.26. The molecule has 4 rings (SSSR count). The number of hydrogen-bond donors (Lipinski definition) is 1. The molecule has 2 aromatic carbocycles. The van der Waals surface area contributed by atoms with Crippen LogP contribution in [0.2, 0.25) is 5.02 Å². The highest BCUT2D eigenvalue weighted by molar-refractivity contribution is 6.31. The fourth-order valence-electron chi connectivity index (χ4n) is 3.59. The lowest BCUT2D eigenvalue weighted by molar-refractivity contribution is 0.102. The van der Waals surface area contributed by atoms with Crippen LogP contribution in [0.3, 0.4) is 0 Å². The van der Waals surface area contributed by atoms with E-state index < -0.39 is 5.82 Å². The van der Waals surface area contributed by atoms with E-state index in [1.165, 1.54) is 12.1 Å². The molecular weight excluding hydrogens is 459 g/mol. The van der Waals surface area contributed by atoms with E-state index in [4.69, 9.17) is 20.9 Å². The highest BCUT2D eigenvalue weighted by atomic mass is 35.5. The predicted molar refractivity (Wildman–Crippen MR) is 127 cm³/mol. The summed E-state index contributed by atoms with van der Waals surface area (Å²) in [7, 11) is 0. The van der Waals surface area contributed by atoms with Crippen molar-refractivity contribution >= 4 is 23.2 Å². The highest BCUT2D eigenvalue weighted by Gasteiger charge is 2.17. The molecule has 1 N–H and O–H groups in total. The van der Waals surface area contributed by atoms with Crippen LogP contribution in [0, 0.1) is 33.5 Å². The lowest BCUT2D eigenvalue weighted by atomic mass is 10.2. The molecule has 7 nitrogen and oxygen atoms in total. The Hall–Kier alpha value is -3.65. The molecular formula is C25H24ClFN4O3. The lowest BCUT2D eigenvalue weighted by Crippen LogP contribution is -2.13. The number of carbonyl (C=O) groups is 1. The third-order valence-electron chi connectivity index (χ3n) is 5.64. The van der Waals surface area contributed by atoms with Crippen molar-refractivity contribution in [3.8, 4) is 5.75 Å². The summed E-state index contributed by atoms with van der Waals surface area (Å²) < 4.78 is 26.0. The fourth-order valence-corrected chi connectivity index (χ4v) is 3.82. The summed E-state index contributed by atoms with van der Waals surface area (Å²) >= 11 is 6.15. The van der Waals surface area contributed by atoms with Crippen molar-refractivity contribution in [3.05, 3.63) is 92.8 Å². The summed E-state index contributed by atoms with van der Waals surface area (Å²) in [6, 6.07) is 11.1. The zero-order valence-corrected chi connectivity index (χ0v) is 20.0. The van der Waals surface area contributed by atoms with Crippen LogP contribution in [0.1, 0.15) is 44.3 Å². The van der Waals surface area contributed by atoms with Crippen molar-refractivity contribution in [2.24, 2.45) is 0 Å². The smallest absolute Gasteiger partial charge is 0.255 e. The normalized spacial score (nSPS) is 11.0. The van der Waals surface area contributed by atoms with Crippen LogP contribution >= 0.6 is 11.6 Å². The van der Waals surface area contributed by atoms with Crippen molar-refractivity contribution in [2.45, 2.75) is 40.8 Å². The van der Waals surface area contributed by atoms with E-state index in [0.717, 1.165) is 28.3 Å². The number of halogens is 2. The first-order valence-electron chi connectivity index (χ1n) is 10.7. The predicted octanol–water partition coefficient (Wildman–Crippen LogP) is 5.78. The number of carbonyl (C=O) groups excluding carboxylic acids is 1. The second kappa shape index (κ2) is 9.69. The minimum absolute atomic E-state index is 0.261. The van der Waals surface area contributed by atoms with Crippen LogP contribution in [0.5, 0.6) is 5.75 Å². The number of ether oxygens (including phenoxy) is 1. The van der Waals surface area contributed by atoms with Crippen LogP contribution in [0.25, 0.3) is 0 Å². The van der Waals surface area contributed by atoms with Crippen molar-refractivity contribution in [3.63, 3.8) is 0 Å². The molecule has 2 aromatic heterocycles. The summed E-state index contributed by atoms with van der Waals surface area (Å²) in [6.07, 6.45) is 0. The Balaban J connectivity index is 1.43. The number of rotatable bonds is 7. The molecule has 0 spiro atoms. The van der Waals surface area contributed by atoms with Gasteiger partial charge in [0.2, 0.25) is 0 Å². The minimum atomic E-state index is -0.393. The molecule has 0 bridgehead atoms. The molecule has 34 heavy (non-hydrogen) atoms. The monoisotopic (exact) mass is 482 g/mol. The summed E-state index contributed by atoms with van der Waals surface area (Å²) in [6.45, 7) is 8.08. The Kier molecular flexibility index (Phi) is 6.70. The van der Waals surface area contributed by atoms with Gasteiger partial charge in [-0.3, -0.25) is 9.48 Å². The number of nitrogens with one attached hydrogen (secondary N) is 1. The quantitative estimate of drug-likeness (QED) is 0.361. The molecule has 0 radical (unpaired) electrons.